The second-order valence-electron chi connectivity index (χ2n) is 9.55. The van der Waals surface area contributed by atoms with Crippen molar-refractivity contribution in [1.82, 2.24) is 0 Å². The molecule has 170 valence electrons. The zero-order chi connectivity index (χ0) is 20.8. The van der Waals surface area contributed by atoms with Gasteiger partial charge in [-0.1, -0.05) is 0 Å². The van der Waals surface area contributed by atoms with Crippen LogP contribution in [0.1, 0.15) is 136 Å². The Kier molecular flexibility index (Phi) is 22.0. The van der Waals surface area contributed by atoms with Crippen LogP contribution >= 0.6 is 7.26 Å². The van der Waals surface area contributed by atoms with Gasteiger partial charge in [-0.15, -0.1) is 0 Å². The molecule has 0 amide bonds. The predicted octanol–water partition coefficient (Wildman–Crippen LogP) is 10.0. The maximum absolute atomic E-state index is 4.19. The van der Waals surface area contributed by atoms with Gasteiger partial charge >= 0.3 is 181 Å². The molecule has 0 N–H and O–H groups in total. The van der Waals surface area contributed by atoms with Crippen LogP contribution in [0.25, 0.3) is 0 Å². The monoisotopic (exact) mass is 412 g/mol. The summed E-state index contributed by atoms with van der Waals surface area (Å²) in [6.07, 6.45) is 34.7. The number of hydrogen-bond donors (Lipinski definition) is 0. The number of hydrogen-bond acceptors (Lipinski definition) is 0. The van der Waals surface area contributed by atoms with Gasteiger partial charge in [0, 0.05) is 0 Å². The quantitative estimate of drug-likeness (QED) is 0.0889. The van der Waals surface area contributed by atoms with Crippen molar-refractivity contribution in [2.45, 2.75) is 136 Å². The molecule has 28 heavy (non-hydrogen) atoms. The van der Waals surface area contributed by atoms with Crippen LogP contribution in [0.4, 0.5) is 0 Å². The van der Waals surface area contributed by atoms with Crippen LogP contribution in [0.5, 0.6) is 0 Å². The van der Waals surface area contributed by atoms with Crippen molar-refractivity contribution in [3.8, 4) is 0 Å². The SMILES string of the molecule is C=CC[PH](CCCCCCCC)(CCCCCCCC)CCCCCCCC. The molecule has 1 heteroatoms. The molecule has 0 fully saturated rings. The number of allylic oxidation sites excluding steroid dienone is 1. The van der Waals surface area contributed by atoms with Crippen molar-refractivity contribution < 1.29 is 0 Å². The fraction of sp³-hybridized carbons (Fsp3) is 0.926. The first-order chi connectivity index (χ1) is 13.7. The van der Waals surface area contributed by atoms with Crippen molar-refractivity contribution >= 4 is 7.26 Å². The van der Waals surface area contributed by atoms with Crippen LogP contribution in [-0.2, 0) is 0 Å². The van der Waals surface area contributed by atoms with Crippen molar-refractivity contribution in [1.29, 1.82) is 0 Å². The van der Waals surface area contributed by atoms with Crippen molar-refractivity contribution in [3.05, 3.63) is 12.7 Å². The average molecular weight is 413 g/mol. The molecule has 0 spiro atoms. The van der Waals surface area contributed by atoms with E-state index in [2.05, 4.69) is 33.4 Å². The van der Waals surface area contributed by atoms with Gasteiger partial charge in [0.25, 0.3) is 0 Å². The van der Waals surface area contributed by atoms with Gasteiger partial charge in [0.1, 0.15) is 0 Å². The van der Waals surface area contributed by atoms with Gasteiger partial charge < -0.3 is 0 Å². The van der Waals surface area contributed by atoms with Crippen molar-refractivity contribution in [2.75, 3.05) is 24.6 Å². The third-order valence-electron chi connectivity index (χ3n) is 6.76. The fourth-order valence-electron chi connectivity index (χ4n) is 4.83. The molecular formula is C27H57P. The molecule has 0 atom stereocenters. The van der Waals surface area contributed by atoms with Gasteiger partial charge in [-0.3, -0.25) is 0 Å². The van der Waals surface area contributed by atoms with E-state index in [0.29, 0.717) is 0 Å². The zero-order valence-electron chi connectivity index (χ0n) is 20.3. The normalized spacial score (nSPS) is 12.4. The van der Waals surface area contributed by atoms with Gasteiger partial charge in [0.15, 0.2) is 0 Å². The maximum atomic E-state index is 4.19. The Morgan fingerprint density at radius 2 is 0.750 bits per heavy atom. The second kappa shape index (κ2) is 21.9. The summed E-state index contributed by atoms with van der Waals surface area (Å²) < 4.78 is 0. The van der Waals surface area contributed by atoms with Crippen molar-refractivity contribution in [2.24, 2.45) is 0 Å². The topological polar surface area (TPSA) is 0 Å². The van der Waals surface area contributed by atoms with E-state index in [-0.39, 0.29) is 0 Å². The molecule has 0 aromatic heterocycles. The molecule has 0 bridgehead atoms. The van der Waals surface area contributed by atoms with Gasteiger partial charge in [-0.2, -0.15) is 0 Å². The van der Waals surface area contributed by atoms with Crippen LogP contribution in [0.2, 0.25) is 0 Å². The second-order valence-corrected chi connectivity index (χ2v) is 14.5. The molecular weight excluding hydrogens is 355 g/mol. The summed E-state index contributed by atoms with van der Waals surface area (Å²) in [5, 5.41) is 0. The van der Waals surface area contributed by atoms with Crippen LogP contribution < -0.4 is 0 Å². The zero-order valence-corrected chi connectivity index (χ0v) is 21.3. The van der Waals surface area contributed by atoms with E-state index in [1.807, 2.05) is 0 Å². The van der Waals surface area contributed by atoms with Gasteiger partial charge in [-0.25, -0.2) is 0 Å². The van der Waals surface area contributed by atoms with E-state index in [9.17, 15) is 0 Å². The Balaban J connectivity index is 4.41. The molecule has 0 nitrogen and oxygen atoms in total. The Labute approximate surface area is 181 Å². The summed E-state index contributed by atoms with van der Waals surface area (Å²) >= 11 is 0. The summed E-state index contributed by atoms with van der Waals surface area (Å²) in [7, 11) is -1.12. The van der Waals surface area contributed by atoms with E-state index in [4.69, 9.17) is 0 Å². The Morgan fingerprint density at radius 3 is 1.04 bits per heavy atom. The van der Waals surface area contributed by atoms with Gasteiger partial charge in [0.05, 0.1) is 0 Å². The minimum atomic E-state index is -1.12. The first-order valence-electron chi connectivity index (χ1n) is 13.4. The third kappa shape index (κ3) is 17.1. The van der Waals surface area contributed by atoms with E-state index >= 15 is 0 Å². The van der Waals surface area contributed by atoms with Gasteiger partial charge in [0.2, 0.25) is 0 Å². The molecule has 0 rings (SSSR count). The number of rotatable bonds is 23. The Morgan fingerprint density at radius 1 is 0.464 bits per heavy atom. The molecule has 0 aliphatic heterocycles. The molecule has 0 aliphatic carbocycles. The van der Waals surface area contributed by atoms with Crippen LogP contribution in [0, 0.1) is 0 Å². The molecule has 0 heterocycles. The molecule has 0 saturated carbocycles. The van der Waals surface area contributed by atoms with E-state index in [1.54, 1.807) is 18.5 Å². The van der Waals surface area contributed by atoms with Crippen LogP contribution in [-0.4, -0.2) is 24.6 Å². The summed E-state index contributed by atoms with van der Waals surface area (Å²) in [5.41, 5.74) is 0. The average Bonchev–Trinajstić information content (AvgIpc) is 2.70. The first-order valence-corrected chi connectivity index (χ1v) is 16.2. The van der Waals surface area contributed by atoms with Crippen molar-refractivity contribution in [3.63, 3.8) is 0 Å². The van der Waals surface area contributed by atoms with E-state index in [0.717, 1.165) is 0 Å². The van der Waals surface area contributed by atoms with Gasteiger partial charge in [-0.05, 0) is 0 Å². The summed E-state index contributed by atoms with van der Waals surface area (Å²) in [6.45, 7) is 11.2. The molecule has 0 aliphatic rings. The van der Waals surface area contributed by atoms with Crippen LogP contribution in [0.3, 0.4) is 0 Å². The molecule has 0 unspecified atom stereocenters. The molecule has 0 aromatic rings. The first kappa shape index (κ1) is 28.2. The van der Waals surface area contributed by atoms with E-state index in [1.165, 1.54) is 122 Å². The van der Waals surface area contributed by atoms with E-state index < -0.39 is 7.26 Å². The third-order valence-corrected chi connectivity index (χ3v) is 12.2. The van der Waals surface area contributed by atoms with Crippen LogP contribution in [0.15, 0.2) is 12.7 Å². The Bertz CT molecular complexity index is 269. The summed E-state index contributed by atoms with van der Waals surface area (Å²) in [6, 6.07) is 0. The minimum absolute atomic E-state index is 1.12. The predicted molar refractivity (Wildman–Crippen MR) is 138 cm³/mol. The summed E-state index contributed by atoms with van der Waals surface area (Å²) in [5.74, 6) is 0. The molecule has 0 saturated heterocycles. The molecule has 0 radical (unpaired) electrons. The number of unbranched alkanes of at least 4 members (excludes halogenated alkanes) is 15. The standard InChI is InChI=1S/C27H57P/c1-5-9-12-15-18-21-25-28(24-8-4,26-22-19-16-13-10-6-2)27-23-20-17-14-11-7-3/h8,28H,4-7,9-27H2,1-3H3. The molecule has 0 aromatic carbocycles. The fourth-order valence-corrected chi connectivity index (χ4v) is 9.80. The Hall–Kier alpha value is 0.170. The summed E-state index contributed by atoms with van der Waals surface area (Å²) in [4.78, 5) is 0.